The van der Waals surface area contributed by atoms with E-state index in [9.17, 15) is 9.90 Å². The molecule has 0 radical (unpaired) electrons. The fraction of sp³-hybridized carbons (Fsp3) is 0.450. The van der Waals surface area contributed by atoms with Crippen molar-refractivity contribution in [3.8, 4) is 10.7 Å². The van der Waals surface area contributed by atoms with E-state index >= 15 is 0 Å². The van der Waals surface area contributed by atoms with Gasteiger partial charge in [0.25, 0.3) is 0 Å². The molecule has 2 aromatic rings. The number of carbonyl (C=O) groups excluding carboxylic acids is 1. The van der Waals surface area contributed by atoms with Gasteiger partial charge in [-0.1, -0.05) is 19.9 Å². The molecule has 0 aliphatic heterocycles. The highest BCUT2D eigenvalue weighted by Crippen LogP contribution is 2.29. The Morgan fingerprint density at radius 3 is 2.55 bits per heavy atom. The smallest absolute Gasteiger partial charge is 0.333 e. The molecule has 7 nitrogen and oxygen atoms in total. The van der Waals surface area contributed by atoms with Gasteiger partial charge < -0.3 is 19.3 Å². The maximum Gasteiger partial charge on any atom is 0.333 e. The number of hydrogen-bond donors (Lipinski definition) is 1. The van der Waals surface area contributed by atoms with E-state index in [4.69, 9.17) is 9.47 Å². The first-order valence-electron chi connectivity index (χ1n) is 9.00. The van der Waals surface area contributed by atoms with Crippen molar-refractivity contribution in [3.63, 3.8) is 0 Å². The lowest BCUT2D eigenvalue weighted by Crippen LogP contribution is -2.21. The quantitative estimate of drug-likeness (QED) is 0.343. The summed E-state index contributed by atoms with van der Waals surface area (Å²) in [5.41, 5.74) is 1.61. The van der Waals surface area contributed by atoms with Crippen LogP contribution >= 0.6 is 22.7 Å². The molecule has 1 N–H and O–H groups in total. The Kier molecular flexibility index (Phi) is 8.97. The summed E-state index contributed by atoms with van der Waals surface area (Å²) >= 11 is 3.03. The number of carbonyl (C=O) groups is 1. The van der Waals surface area contributed by atoms with Gasteiger partial charge in [-0.25, -0.2) is 14.8 Å². The van der Waals surface area contributed by atoms with Crippen molar-refractivity contribution in [2.75, 3.05) is 27.9 Å². The van der Waals surface area contributed by atoms with E-state index < -0.39 is 5.97 Å². The highest BCUT2D eigenvalue weighted by atomic mass is 32.1. The molecule has 0 fully saturated rings. The lowest BCUT2D eigenvalue weighted by atomic mass is 10.0. The molecule has 2 heterocycles. The molecule has 0 unspecified atom stereocenters. The van der Waals surface area contributed by atoms with Gasteiger partial charge in [-0.05, 0) is 6.08 Å². The van der Waals surface area contributed by atoms with E-state index in [0.29, 0.717) is 5.76 Å². The fourth-order valence-electron chi connectivity index (χ4n) is 2.53. The Morgan fingerprint density at radius 1 is 1.17 bits per heavy atom. The van der Waals surface area contributed by atoms with E-state index in [2.05, 4.69) is 14.7 Å². The topological polar surface area (TPSA) is 90.8 Å². The number of thiazole rings is 2. The number of aliphatic hydroxyl groups is 1. The van der Waals surface area contributed by atoms with Crippen molar-refractivity contribution < 1.29 is 24.1 Å². The Balaban J connectivity index is 2.13. The van der Waals surface area contributed by atoms with Crippen LogP contribution in [0.2, 0.25) is 0 Å². The van der Waals surface area contributed by atoms with Crippen molar-refractivity contribution in [3.05, 3.63) is 39.4 Å². The van der Waals surface area contributed by atoms with Crippen LogP contribution in [0.15, 0.2) is 28.7 Å². The first-order valence-corrected chi connectivity index (χ1v) is 10.8. The summed E-state index contributed by atoms with van der Waals surface area (Å²) in [6.45, 7) is 3.92. The zero-order valence-corrected chi connectivity index (χ0v) is 18.8. The second-order valence-electron chi connectivity index (χ2n) is 6.35. The van der Waals surface area contributed by atoms with Gasteiger partial charge in [0.15, 0.2) is 0 Å². The average molecular weight is 439 g/mol. The Morgan fingerprint density at radius 2 is 1.93 bits per heavy atom. The summed E-state index contributed by atoms with van der Waals surface area (Å²) in [5.74, 6) is -0.181. The van der Waals surface area contributed by atoms with Gasteiger partial charge in [-0.15, -0.1) is 22.7 Å². The number of aromatic nitrogens is 2. The second kappa shape index (κ2) is 11.2. The molecule has 0 bridgehead atoms. The summed E-state index contributed by atoms with van der Waals surface area (Å²) in [6, 6.07) is 0. The predicted octanol–water partition coefficient (Wildman–Crippen LogP) is 3.73. The molecular weight excluding hydrogens is 412 g/mol. The number of ether oxygens (including phenoxy) is 3. The molecule has 9 heteroatoms. The summed E-state index contributed by atoms with van der Waals surface area (Å²) in [7, 11) is 4.43. The molecule has 0 saturated heterocycles. The third-order valence-electron chi connectivity index (χ3n) is 4.33. The highest BCUT2D eigenvalue weighted by molar-refractivity contribution is 7.14. The van der Waals surface area contributed by atoms with Crippen molar-refractivity contribution in [2.24, 2.45) is 5.92 Å². The molecule has 0 amide bonds. The van der Waals surface area contributed by atoms with Crippen LogP contribution in [-0.2, 0) is 19.0 Å². The van der Waals surface area contributed by atoms with Gasteiger partial charge >= 0.3 is 5.97 Å². The fourth-order valence-corrected chi connectivity index (χ4v) is 4.20. The van der Waals surface area contributed by atoms with E-state index in [0.717, 1.165) is 21.4 Å². The monoisotopic (exact) mass is 438 g/mol. The molecule has 158 valence electrons. The SMILES string of the molecule is COC(=O)/C=C(/OC)[C@H](C)[C@H](/C=C/c1csc(-c2csc([C@@H](C)CO)n2)n1)OC. The van der Waals surface area contributed by atoms with Gasteiger partial charge in [0.2, 0.25) is 0 Å². The summed E-state index contributed by atoms with van der Waals surface area (Å²) in [5, 5.41) is 14.9. The number of rotatable bonds is 10. The van der Waals surface area contributed by atoms with Crippen LogP contribution in [0, 0.1) is 5.92 Å². The molecule has 0 aromatic carbocycles. The Bertz CT molecular complexity index is 859. The average Bonchev–Trinajstić information content (AvgIpc) is 3.41. The van der Waals surface area contributed by atoms with E-state index in [-0.39, 0.29) is 24.5 Å². The molecule has 2 aromatic heterocycles. The van der Waals surface area contributed by atoms with E-state index in [1.54, 1.807) is 7.11 Å². The normalized spacial score (nSPS) is 15.3. The maximum absolute atomic E-state index is 11.5. The van der Waals surface area contributed by atoms with Crippen molar-refractivity contribution in [2.45, 2.75) is 25.9 Å². The first kappa shape index (κ1) is 23.2. The summed E-state index contributed by atoms with van der Waals surface area (Å²) in [6.07, 6.45) is 4.76. The highest BCUT2D eigenvalue weighted by Gasteiger charge is 2.21. The molecule has 0 saturated carbocycles. The lowest BCUT2D eigenvalue weighted by molar-refractivity contribution is -0.135. The van der Waals surface area contributed by atoms with Gasteiger partial charge in [0.1, 0.15) is 16.5 Å². The minimum absolute atomic E-state index is 0.0186. The van der Waals surface area contributed by atoms with Crippen LogP contribution in [-0.4, -0.2) is 55.1 Å². The van der Waals surface area contributed by atoms with Crippen LogP contribution < -0.4 is 0 Å². The largest absolute Gasteiger partial charge is 0.500 e. The minimum Gasteiger partial charge on any atom is -0.500 e. The summed E-state index contributed by atoms with van der Waals surface area (Å²) in [4.78, 5) is 20.7. The molecule has 29 heavy (non-hydrogen) atoms. The molecular formula is C20H26N2O5S2. The van der Waals surface area contributed by atoms with Crippen molar-refractivity contribution >= 4 is 34.7 Å². The van der Waals surface area contributed by atoms with Crippen molar-refractivity contribution in [1.82, 2.24) is 9.97 Å². The van der Waals surface area contributed by atoms with Crippen LogP contribution in [0.4, 0.5) is 0 Å². The van der Waals surface area contributed by atoms with Gasteiger partial charge in [-0.2, -0.15) is 0 Å². The molecule has 2 rings (SSSR count). The van der Waals surface area contributed by atoms with Crippen LogP contribution in [0.1, 0.15) is 30.5 Å². The van der Waals surface area contributed by atoms with Crippen molar-refractivity contribution in [1.29, 1.82) is 0 Å². The van der Waals surface area contributed by atoms with Gasteiger partial charge in [-0.3, -0.25) is 0 Å². The number of nitrogens with zero attached hydrogens (tertiary/aromatic N) is 2. The molecule has 0 aliphatic carbocycles. The van der Waals surface area contributed by atoms with Gasteiger partial charge in [0.05, 0.1) is 43.7 Å². The zero-order chi connectivity index (χ0) is 21.4. The number of esters is 1. The van der Waals surface area contributed by atoms with Crippen LogP contribution in [0.3, 0.4) is 0 Å². The zero-order valence-electron chi connectivity index (χ0n) is 17.1. The molecule has 3 atom stereocenters. The van der Waals surface area contributed by atoms with E-state index in [1.165, 1.54) is 43.0 Å². The summed E-state index contributed by atoms with van der Waals surface area (Å²) < 4.78 is 15.5. The third-order valence-corrected chi connectivity index (χ3v) is 6.29. The number of aliphatic hydroxyl groups excluding tert-OH is 1. The Hall–Kier alpha value is -2.07. The maximum atomic E-state index is 11.5. The standard InChI is InChI=1S/C20H26N2O5S2/c1-12(9-23)19-22-15(11-29-19)20-21-14(10-28-20)6-7-16(25-3)13(2)17(26-4)8-18(24)27-5/h6-8,10-13,16,23H,9H2,1-5H3/b7-6+,17-8+/t12-,13+,16-/m0/s1. The van der Waals surface area contributed by atoms with Gasteiger partial charge in [0, 0.05) is 29.7 Å². The Labute approximate surface area is 178 Å². The molecule has 0 aliphatic rings. The second-order valence-corrected chi connectivity index (χ2v) is 8.10. The number of hydrogen-bond acceptors (Lipinski definition) is 9. The van der Waals surface area contributed by atoms with Crippen LogP contribution in [0.25, 0.3) is 16.8 Å². The number of methoxy groups -OCH3 is 3. The minimum atomic E-state index is -0.477. The molecule has 0 spiro atoms. The van der Waals surface area contributed by atoms with E-state index in [1.807, 2.05) is 36.8 Å². The lowest BCUT2D eigenvalue weighted by Gasteiger charge is -2.21. The first-order chi connectivity index (χ1) is 13.9. The third kappa shape index (κ3) is 6.20. The van der Waals surface area contributed by atoms with Crippen LogP contribution in [0.5, 0.6) is 0 Å². The predicted molar refractivity (Wildman–Crippen MR) is 115 cm³/mol.